The molecule has 1 heterocycles. The summed E-state index contributed by atoms with van der Waals surface area (Å²) in [5.41, 5.74) is 5.86. The number of hydrogen-bond donors (Lipinski definition) is 1. The number of anilines is 1. The summed E-state index contributed by atoms with van der Waals surface area (Å²) in [6.07, 6.45) is 0.830. The first-order chi connectivity index (χ1) is 8.15. The molecular weight excluding hydrogens is 226 g/mol. The molecule has 1 aromatic carbocycles. The van der Waals surface area contributed by atoms with Gasteiger partial charge in [-0.3, -0.25) is 0 Å². The van der Waals surface area contributed by atoms with Crippen LogP contribution in [0.3, 0.4) is 0 Å². The third-order valence-electron chi connectivity index (χ3n) is 3.11. The molecular formula is C12H16F2N2O. The molecule has 1 saturated heterocycles. The van der Waals surface area contributed by atoms with Crippen LogP contribution in [0.1, 0.15) is 12.0 Å². The van der Waals surface area contributed by atoms with Crippen LogP contribution >= 0.6 is 0 Å². The summed E-state index contributed by atoms with van der Waals surface area (Å²) in [6, 6.07) is 2.58. The Hall–Kier alpha value is -1.20. The van der Waals surface area contributed by atoms with E-state index < -0.39 is 11.6 Å². The maximum Gasteiger partial charge on any atom is 0.149 e. The van der Waals surface area contributed by atoms with Crippen molar-refractivity contribution in [3.05, 3.63) is 29.3 Å². The van der Waals surface area contributed by atoms with E-state index in [9.17, 15) is 8.78 Å². The average molecular weight is 242 g/mol. The van der Waals surface area contributed by atoms with Gasteiger partial charge < -0.3 is 15.4 Å². The Morgan fingerprint density at radius 2 is 2.06 bits per heavy atom. The fourth-order valence-corrected chi connectivity index (χ4v) is 2.16. The Kier molecular flexibility index (Phi) is 3.59. The fourth-order valence-electron chi connectivity index (χ4n) is 2.16. The Labute approximate surface area is 99.2 Å². The van der Waals surface area contributed by atoms with E-state index in [2.05, 4.69) is 0 Å². The number of hydrogen-bond acceptors (Lipinski definition) is 3. The van der Waals surface area contributed by atoms with E-state index in [1.807, 2.05) is 0 Å². The van der Waals surface area contributed by atoms with Gasteiger partial charge in [-0.25, -0.2) is 8.78 Å². The Bertz CT molecular complexity index is 388. The van der Waals surface area contributed by atoms with Crippen LogP contribution in [0, 0.1) is 11.6 Å². The van der Waals surface area contributed by atoms with E-state index in [1.165, 1.54) is 12.1 Å². The van der Waals surface area contributed by atoms with Gasteiger partial charge in [0.15, 0.2) is 0 Å². The topological polar surface area (TPSA) is 38.5 Å². The molecule has 1 aliphatic rings. The Morgan fingerprint density at radius 1 is 1.41 bits per heavy atom. The molecule has 1 atom stereocenters. The SMILES string of the molecule is COC1CCN(c2c(F)cc(CN)cc2F)C1. The van der Waals surface area contributed by atoms with Gasteiger partial charge in [0.1, 0.15) is 17.3 Å². The van der Waals surface area contributed by atoms with Gasteiger partial charge in [-0.2, -0.15) is 0 Å². The lowest BCUT2D eigenvalue weighted by atomic mass is 10.1. The molecule has 94 valence electrons. The Balaban J connectivity index is 2.27. The third kappa shape index (κ3) is 2.40. The second-order valence-electron chi connectivity index (χ2n) is 4.20. The molecule has 1 aliphatic heterocycles. The van der Waals surface area contributed by atoms with Crippen molar-refractivity contribution in [1.82, 2.24) is 0 Å². The molecule has 0 aromatic heterocycles. The summed E-state index contributed by atoms with van der Waals surface area (Å²) in [5, 5.41) is 0. The summed E-state index contributed by atoms with van der Waals surface area (Å²) < 4.78 is 32.8. The molecule has 3 nitrogen and oxygen atoms in total. The third-order valence-corrected chi connectivity index (χ3v) is 3.11. The first kappa shape index (κ1) is 12.3. The lowest BCUT2D eigenvalue weighted by Crippen LogP contribution is -2.24. The van der Waals surface area contributed by atoms with Gasteiger partial charge in [-0.05, 0) is 24.1 Å². The van der Waals surface area contributed by atoms with E-state index in [1.54, 1.807) is 12.0 Å². The molecule has 1 unspecified atom stereocenters. The second kappa shape index (κ2) is 4.98. The molecule has 0 amide bonds. The summed E-state index contributed by atoms with van der Waals surface area (Å²) in [5.74, 6) is -1.11. The molecule has 0 bridgehead atoms. The average Bonchev–Trinajstić information content (AvgIpc) is 2.76. The molecule has 0 aliphatic carbocycles. The van der Waals surface area contributed by atoms with Crippen LogP contribution in [0.2, 0.25) is 0 Å². The maximum atomic E-state index is 13.8. The Morgan fingerprint density at radius 3 is 2.53 bits per heavy atom. The number of halogens is 2. The standard InChI is InChI=1S/C12H16F2N2O/c1-17-9-2-3-16(7-9)12-10(13)4-8(6-15)5-11(12)14/h4-5,9H,2-3,6-7,15H2,1H3. The molecule has 17 heavy (non-hydrogen) atoms. The van der Waals surface area contributed by atoms with Gasteiger partial charge in [-0.1, -0.05) is 0 Å². The molecule has 1 aromatic rings. The molecule has 2 rings (SSSR count). The van der Waals surface area contributed by atoms with E-state index in [4.69, 9.17) is 10.5 Å². The van der Waals surface area contributed by atoms with Crippen LogP contribution in [0.15, 0.2) is 12.1 Å². The van der Waals surface area contributed by atoms with Crippen molar-refractivity contribution in [3.8, 4) is 0 Å². The highest BCUT2D eigenvalue weighted by Gasteiger charge is 2.26. The predicted molar refractivity (Wildman–Crippen MR) is 61.9 cm³/mol. The molecule has 0 radical (unpaired) electrons. The summed E-state index contributed by atoms with van der Waals surface area (Å²) in [7, 11) is 1.61. The minimum absolute atomic E-state index is 0.0294. The van der Waals surface area contributed by atoms with Gasteiger partial charge >= 0.3 is 0 Å². The van der Waals surface area contributed by atoms with Crippen molar-refractivity contribution >= 4 is 5.69 Å². The zero-order valence-corrected chi connectivity index (χ0v) is 9.75. The van der Waals surface area contributed by atoms with Crippen LogP contribution in [0.25, 0.3) is 0 Å². The second-order valence-corrected chi connectivity index (χ2v) is 4.20. The van der Waals surface area contributed by atoms with Gasteiger partial charge in [0, 0.05) is 26.7 Å². The van der Waals surface area contributed by atoms with Crippen molar-refractivity contribution in [3.63, 3.8) is 0 Å². The predicted octanol–water partition coefficient (Wildman–Crippen LogP) is 1.65. The van der Waals surface area contributed by atoms with Crippen molar-refractivity contribution < 1.29 is 13.5 Å². The smallest absolute Gasteiger partial charge is 0.149 e. The number of rotatable bonds is 3. The molecule has 2 N–H and O–H groups in total. The largest absolute Gasteiger partial charge is 0.380 e. The summed E-state index contributed by atoms with van der Waals surface area (Å²) >= 11 is 0. The normalized spacial score (nSPS) is 20.0. The van der Waals surface area contributed by atoms with Crippen LogP contribution in [-0.2, 0) is 11.3 Å². The zero-order valence-electron chi connectivity index (χ0n) is 9.75. The molecule has 5 heteroatoms. The van der Waals surface area contributed by atoms with Gasteiger partial charge in [0.05, 0.1) is 6.10 Å². The van der Waals surface area contributed by atoms with Crippen molar-refractivity contribution in [2.45, 2.75) is 19.1 Å². The van der Waals surface area contributed by atoms with E-state index in [-0.39, 0.29) is 18.3 Å². The zero-order chi connectivity index (χ0) is 12.4. The fraction of sp³-hybridized carbons (Fsp3) is 0.500. The van der Waals surface area contributed by atoms with Crippen LogP contribution in [-0.4, -0.2) is 26.3 Å². The van der Waals surface area contributed by atoms with Gasteiger partial charge in [0.2, 0.25) is 0 Å². The van der Waals surface area contributed by atoms with Crippen molar-refractivity contribution in [2.24, 2.45) is 5.73 Å². The maximum absolute atomic E-state index is 13.8. The minimum atomic E-state index is -0.554. The van der Waals surface area contributed by atoms with Crippen LogP contribution < -0.4 is 10.6 Å². The van der Waals surface area contributed by atoms with E-state index >= 15 is 0 Å². The monoisotopic (exact) mass is 242 g/mol. The van der Waals surface area contributed by atoms with Crippen LogP contribution in [0.5, 0.6) is 0 Å². The van der Waals surface area contributed by atoms with Crippen molar-refractivity contribution in [2.75, 3.05) is 25.1 Å². The summed E-state index contributed by atoms with van der Waals surface area (Å²) in [4.78, 5) is 1.68. The van der Waals surface area contributed by atoms with Crippen LogP contribution in [0.4, 0.5) is 14.5 Å². The molecule has 1 fully saturated rings. The molecule has 0 spiro atoms. The highest BCUT2D eigenvalue weighted by atomic mass is 19.1. The highest BCUT2D eigenvalue weighted by Crippen LogP contribution is 2.28. The van der Waals surface area contributed by atoms with Crippen molar-refractivity contribution in [1.29, 1.82) is 0 Å². The number of benzene rings is 1. The lowest BCUT2D eigenvalue weighted by Gasteiger charge is -2.20. The minimum Gasteiger partial charge on any atom is -0.380 e. The molecule has 0 saturated carbocycles. The number of ether oxygens (including phenoxy) is 1. The van der Waals surface area contributed by atoms with E-state index in [0.29, 0.717) is 18.7 Å². The van der Waals surface area contributed by atoms with Gasteiger partial charge in [0.25, 0.3) is 0 Å². The highest BCUT2D eigenvalue weighted by molar-refractivity contribution is 5.51. The first-order valence-corrected chi connectivity index (χ1v) is 5.61. The number of nitrogens with zero attached hydrogens (tertiary/aromatic N) is 1. The number of methoxy groups -OCH3 is 1. The lowest BCUT2D eigenvalue weighted by molar-refractivity contribution is 0.121. The first-order valence-electron chi connectivity index (χ1n) is 5.61. The van der Waals surface area contributed by atoms with Gasteiger partial charge in [-0.15, -0.1) is 0 Å². The summed E-state index contributed by atoms with van der Waals surface area (Å²) in [6.45, 7) is 1.26. The quantitative estimate of drug-likeness (QED) is 0.876. The van der Waals surface area contributed by atoms with E-state index in [0.717, 1.165) is 6.42 Å². The number of nitrogens with two attached hydrogens (primary N) is 1.